The normalized spacial score (nSPS) is 18.4. The first-order chi connectivity index (χ1) is 18.0. The summed E-state index contributed by atoms with van der Waals surface area (Å²) in [5, 5.41) is 0. The van der Waals surface area contributed by atoms with Gasteiger partial charge < -0.3 is 24.0 Å². The molecule has 1 fully saturated rings. The van der Waals surface area contributed by atoms with Gasteiger partial charge in [0.15, 0.2) is 0 Å². The third-order valence-electron chi connectivity index (χ3n) is 7.43. The fourth-order valence-corrected chi connectivity index (χ4v) is 5.27. The van der Waals surface area contributed by atoms with Crippen LogP contribution in [0, 0.1) is 11.2 Å². The molecule has 0 aromatic heterocycles. The van der Waals surface area contributed by atoms with Crippen molar-refractivity contribution in [3.63, 3.8) is 0 Å². The zero-order valence-corrected chi connectivity index (χ0v) is 21.6. The second-order valence-corrected chi connectivity index (χ2v) is 9.96. The van der Waals surface area contributed by atoms with Crippen molar-refractivity contribution in [2.75, 3.05) is 53.1 Å². The summed E-state index contributed by atoms with van der Waals surface area (Å²) in [7, 11) is 1.74. The zero-order chi connectivity index (χ0) is 26.1. The van der Waals surface area contributed by atoms with E-state index in [2.05, 4.69) is 0 Å². The topological polar surface area (TPSA) is 68.3 Å². The van der Waals surface area contributed by atoms with Crippen molar-refractivity contribution >= 4 is 11.8 Å². The molecule has 37 heavy (non-hydrogen) atoms. The number of methoxy groups -OCH3 is 1. The van der Waals surface area contributed by atoms with E-state index in [0.717, 1.165) is 32.1 Å². The summed E-state index contributed by atoms with van der Waals surface area (Å²) < 4.78 is 30.4. The van der Waals surface area contributed by atoms with Crippen LogP contribution in [0.2, 0.25) is 0 Å². The summed E-state index contributed by atoms with van der Waals surface area (Å²) in [4.78, 5) is 30.2. The highest BCUT2D eigenvalue weighted by molar-refractivity contribution is 5.97. The highest BCUT2D eigenvalue weighted by atomic mass is 19.1. The van der Waals surface area contributed by atoms with Crippen molar-refractivity contribution in [1.82, 2.24) is 9.80 Å². The maximum absolute atomic E-state index is 13.3. The molecule has 2 bridgehead atoms. The molecule has 200 valence electrons. The van der Waals surface area contributed by atoms with Crippen LogP contribution in [0.1, 0.15) is 48.9 Å². The Morgan fingerprint density at radius 2 is 1.76 bits per heavy atom. The number of rotatable bonds is 6. The van der Waals surface area contributed by atoms with Gasteiger partial charge in [-0.1, -0.05) is 18.6 Å². The Hall–Kier alpha value is -3.13. The predicted molar refractivity (Wildman–Crippen MR) is 138 cm³/mol. The summed E-state index contributed by atoms with van der Waals surface area (Å²) in [6.45, 7) is 3.65. The molecule has 0 aliphatic carbocycles. The van der Waals surface area contributed by atoms with Gasteiger partial charge in [-0.15, -0.1) is 0 Å². The quantitative estimate of drug-likeness (QED) is 0.568. The number of hydrogen-bond donors (Lipinski definition) is 0. The largest absolute Gasteiger partial charge is 0.493 e. The number of ether oxygens (including phenoxy) is 3. The molecule has 0 spiro atoms. The fraction of sp³-hybridized carbons (Fsp3) is 0.517. The van der Waals surface area contributed by atoms with E-state index in [-0.39, 0.29) is 36.1 Å². The van der Waals surface area contributed by atoms with Crippen LogP contribution in [-0.4, -0.2) is 74.7 Å². The van der Waals surface area contributed by atoms with Gasteiger partial charge in [-0.3, -0.25) is 9.59 Å². The number of fused-ring (bicyclic) bond motifs is 9. The molecular formula is C29H37FN2O5. The molecule has 0 radical (unpaired) electrons. The van der Waals surface area contributed by atoms with Gasteiger partial charge in [0.1, 0.15) is 23.9 Å². The summed E-state index contributed by atoms with van der Waals surface area (Å²) in [6, 6.07) is 13.1. The molecule has 0 saturated carbocycles. The van der Waals surface area contributed by atoms with E-state index in [1.54, 1.807) is 19.2 Å². The fourth-order valence-electron chi connectivity index (χ4n) is 5.27. The maximum atomic E-state index is 13.3. The SMILES string of the molecule is COCC12CCCCN(C(=O)CCOc3ccc(F)cc3)CCOc3ccccc3C(=O)N(CC1)CC2. The molecule has 2 amide bonds. The number of nitrogens with zero attached hydrogens (tertiary/aromatic N) is 2. The van der Waals surface area contributed by atoms with Crippen molar-refractivity contribution in [1.29, 1.82) is 0 Å². The van der Waals surface area contributed by atoms with Crippen LogP contribution < -0.4 is 9.47 Å². The number of benzene rings is 2. The van der Waals surface area contributed by atoms with Crippen LogP contribution >= 0.6 is 0 Å². The second-order valence-electron chi connectivity index (χ2n) is 9.96. The van der Waals surface area contributed by atoms with Crippen LogP contribution in [0.5, 0.6) is 11.5 Å². The van der Waals surface area contributed by atoms with E-state index < -0.39 is 0 Å². The average Bonchev–Trinajstić information content (AvgIpc) is 2.92. The lowest BCUT2D eigenvalue weighted by atomic mass is 9.75. The number of piperidine rings is 1. The van der Waals surface area contributed by atoms with Crippen molar-refractivity contribution < 1.29 is 28.2 Å². The molecule has 0 unspecified atom stereocenters. The van der Waals surface area contributed by atoms with E-state index >= 15 is 0 Å². The lowest BCUT2D eigenvalue weighted by Crippen LogP contribution is -2.45. The monoisotopic (exact) mass is 512 g/mol. The summed E-state index contributed by atoms with van der Waals surface area (Å²) in [5.41, 5.74) is 0.613. The van der Waals surface area contributed by atoms with Crippen molar-refractivity contribution in [3.8, 4) is 11.5 Å². The van der Waals surface area contributed by atoms with Gasteiger partial charge >= 0.3 is 0 Å². The number of para-hydroxylation sites is 1. The first-order valence-corrected chi connectivity index (χ1v) is 13.2. The number of carbonyl (C=O) groups is 2. The van der Waals surface area contributed by atoms with E-state index in [9.17, 15) is 14.0 Å². The van der Waals surface area contributed by atoms with E-state index in [1.807, 2.05) is 34.1 Å². The van der Waals surface area contributed by atoms with E-state index in [0.29, 0.717) is 56.5 Å². The van der Waals surface area contributed by atoms with Gasteiger partial charge in [-0.05, 0) is 67.5 Å². The average molecular weight is 513 g/mol. The van der Waals surface area contributed by atoms with Gasteiger partial charge in [0, 0.05) is 26.7 Å². The predicted octanol–water partition coefficient (Wildman–Crippen LogP) is 4.55. The first kappa shape index (κ1) is 26.9. The second kappa shape index (κ2) is 12.9. The number of halogens is 1. The minimum Gasteiger partial charge on any atom is -0.493 e. The van der Waals surface area contributed by atoms with Crippen molar-refractivity contribution in [2.24, 2.45) is 5.41 Å². The minimum absolute atomic E-state index is 0.0117. The standard InChI is InChI=1S/C29H37FN2O5/c1-35-22-29-13-4-5-16-31(27(33)12-20-36-24-10-8-23(30)9-11-24)19-21-37-26-7-3-2-6-25(26)28(34)32(17-14-29)18-15-29/h2-3,6-11H,4-5,12-22H2,1H3. The Kier molecular flexibility index (Phi) is 9.39. The Balaban J connectivity index is 1.44. The minimum atomic E-state index is -0.328. The van der Waals surface area contributed by atoms with Crippen molar-refractivity contribution in [3.05, 3.63) is 59.9 Å². The maximum Gasteiger partial charge on any atom is 0.257 e. The lowest BCUT2D eigenvalue weighted by Gasteiger charge is -2.41. The first-order valence-electron chi connectivity index (χ1n) is 13.2. The Labute approximate surface area is 218 Å². The molecule has 3 heterocycles. The molecule has 3 aliphatic rings. The highest BCUT2D eigenvalue weighted by Crippen LogP contribution is 2.38. The summed E-state index contributed by atoms with van der Waals surface area (Å²) in [6.07, 6.45) is 4.89. The molecular weight excluding hydrogens is 475 g/mol. The van der Waals surface area contributed by atoms with E-state index in [1.165, 1.54) is 12.1 Å². The lowest BCUT2D eigenvalue weighted by molar-refractivity contribution is -0.132. The van der Waals surface area contributed by atoms with Crippen LogP contribution in [0.4, 0.5) is 4.39 Å². The van der Waals surface area contributed by atoms with E-state index in [4.69, 9.17) is 14.2 Å². The van der Waals surface area contributed by atoms with Crippen LogP contribution in [0.3, 0.4) is 0 Å². The third-order valence-corrected chi connectivity index (χ3v) is 7.43. The molecule has 1 saturated heterocycles. The van der Waals surface area contributed by atoms with Crippen LogP contribution in [-0.2, 0) is 9.53 Å². The highest BCUT2D eigenvalue weighted by Gasteiger charge is 2.36. The Morgan fingerprint density at radius 3 is 2.51 bits per heavy atom. The Morgan fingerprint density at radius 1 is 1.00 bits per heavy atom. The molecule has 0 atom stereocenters. The molecule has 0 N–H and O–H groups in total. The van der Waals surface area contributed by atoms with Gasteiger partial charge in [0.05, 0.1) is 31.7 Å². The van der Waals surface area contributed by atoms with Gasteiger partial charge in [0.25, 0.3) is 5.91 Å². The number of amides is 2. The zero-order valence-electron chi connectivity index (χ0n) is 21.6. The molecule has 5 rings (SSSR count). The third kappa shape index (κ3) is 7.22. The number of hydrogen-bond acceptors (Lipinski definition) is 5. The molecule has 8 heteroatoms. The summed E-state index contributed by atoms with van der Waals surface area (Å²) in [5.74, 6) is 0.722. The van der Waals surface area contributed by atoms with Gasteiger partial charge in [-0.25, -0.2) is 4.39 Å². The van der Waals surface area contributed by atoms with Gasteiger partial charge in [0.2, 0.25) is 5.91 Å². The molecule has 2 aromatic carbocycles. The van der Waals surface area contributed by atoms with Crippen molar-refractivity contribution in [2.45, 2.75) is 38.5 Å². The smallest absolute Gasteiger partial charge is 0.257 e. The summed E-state index contributed by atoms with van der Waals surface area (Å²) >= 11 is 0. The number of carbonyl (C=O) groups excluding carboxylic acids is 2. The van der Waals surface area contributed by atoms with Crippen LogP contribution in [0.15, 0.2) is 48.5 Å². The molecule has 3 aliphatic heterocycles. The molecule has 7 nitrogen and oxygen atoms in total. The molecule has 2 aromatic rings. The van der Waals surface area contributed by atoms with Gasteiger partial charge in [-0.2, -0.15) is 0 Å². The van der Waals surface area contributed by atoms with Crippen LogP contribution in [0.25, 0.3) is 0 Å². The Bertz CT molecular complexity index is 1040.